The Bertz CT molecular complexity index is 349. The molecule has 4 heteroatoms. The van der Waals surface area contributed by atoms with Crippen LogP contribution in [-0.2, 0) is 0 Å². The van der Waals surface area contributed by atoms with E-state index in [-0.39, 0.29) is 9.04 Å². The van der Waals surface area contributed by atoms with Crippen molar-refractivity contribution in [2.45, 2.75) is 19.1 Å². The van der Waals surface area contributed by atoms with Crippen molar-refractivity contribution >= 4 is 39.0 Å². The molecule has 0 saturated carbocycles. The largest absolute Gasteiger partial charge is 0.492 e. The Kier molecular flexibility index (Phi) is 5.61. The molecule has 0 heterocycles. The van der Waals surface area contributed by atoms with Crippen molar-refractivity contribution in [1.29, 1.82) is 0 Å². The van der Waals surface area contributed by atoms with Crippen LogP contribution < -0.4 is 4.74 Å². The second kappa shape index (κ2) is 6.49. The maximum Gasteiger partial charge on any atom is 0.222 e. The predicted octanol–water partition coefficient (Wildman–Crippen LogP) is 3.60. The molecule has 88 valence electrons. The molecule has 0 aromatic heterocycles. The second-order valence-corrected chi connectivity index (χ2v) is 5.56. The van der Waals surface area contributed by atoms with Gasteiger partial charge in [0.2, 0.25) is 3.79 Å². The van der Waals surface area contributed by atoms with Crippen LogP contribution in [0.25, 0.3) is 0 Å². The van der Waals surface area contributed by atoms with Crippen LogP contribution in [0, 0.1) is 5.92 Å². The molecule has 1 aromatic rings. The number of halogens is 1. The fraction of sp³-hybridized carbons (Fsp3) is 0.417. The number of carbonyl (C=O) groups is 1. The molecule has 1 aromatic carbocycles. The Labute approximate surface area is 115 Å². The van der Waals surface area contributed by atoms with E-state index in [1.165, 1.54) is 0 Å². The van der Waals surface area contributed by atoms with E-state index in [0.717, 1.165) is 5.75 Å². The van der Waals surface area contributed by atoms with Crippen LogP contribution in [0.1, 0.15) is 24.2 Å². The van der Waals surface area contributed by atoms with Crippen molar-refractivity contribution in [3.63, 3.8) is 0 Å². The zero-order valence-corrected chi connectivity index (χ0v) is 12.4. The molecule has 0 saturated heterocycles. The average molecular weight is 350 g/mol. The Morgan fingerprint density at radius 1 is 1.38 bits per heavy atom. The summed E-state index contributed by atoms with van der Waals surface area (Å²) in [6.07, 6.45) is 0. The lowest BCUT2D eigenvalue weighted by Gasteiger charge is -2.15. The number of benzene rings is 1. The Morgan fingerprint density at radius 2 is 1.94 bits per heavy atom. The molecule has 0 aliphatic rings. The lowest BCUT2D eigenvalue weighted by molar-refractivity contribution is 0.110. The van der Waals surface area contributed by atoms with E-state index < -0.39 is 0 Å². The summed E-state index contributed by atoms with van der Waals surface area (Å²) >= 11 is 6.20. The number of rotatable bonds is 5. The molecule has 0 aliphatic carbocycles. The Balaban J connectivity index is 2.53. The Morgan fingerprint density at radius 3 is 2.38 bits per heavy atom. The van der Waals surface area contributed by atoms with Gasteiger partial charge in [-0.05, 0) is 30.2 Å². The summed E-state index contributed by atoms with van der Waals surface area (Å²) in [5.41, 5.74) is 0.694. The van der Waals surface area contributed by atoms with Crippen molar-refractivity contribution < 1.29 is 9.53 Å². The van der Waals surface area contributed by atoms with Gasteiger partial charge in [0.25, 0.3) is 0 Å². The molecule has 0 bridgehead atoms. The van der Waals surface area contributed by atoms with E-state index in [1.807, 2.05) is 12.1 Å². The number of thiol groups is 1. The summed E-state index contributed by atoms with van der Waals surface area (Å²) in [5.74, 6) is 1.26. The number of hydrogen-bond acceptors (Lipinski definition) is 3. The van der Waals surface area contributed by atoms with Crippen LogP contribution in [0.3, 0.4) is 0 Å². The minimum absolute atomic E-state index is 0.0402. The minimum Gasteiger partial charge on any atom is -0.492 e. The van der Waals surface area contributed by atoms with E-state index in [0.29, 0.717) is 18.1 Å². The minimum atomic E-state index is 0.0402. The van der Waals surface area contributed by atoms with E-state index in [9.17, 15) is 4.79 Å². The summed E-state index contributed by atoms with van der Waals surface area (Å²) in [5, 5.41) is 0.228. The molecule has 0 spiro atoms. The summed E-state index contributed by atoms with van der Waals surface area (Å²) in [6, 6.07) is 7.17. The highest BCUT2D eigenvalue weighted by Gasteiger charge is 2.09. The molecule has 0 fully saturated rings. The number of carbonyl (C=O) groups excluding carboxylic acids is 1. The molecule has 0 N–H and O–H groups in total. The van der Waals surface area contributed by atoms with Crippen molar-refractivity contribution in [3.05, 3.63) is 29.8 Å². The first kappa shape index (κ1) is 13.8. The van der Waals surface area contributed by atoms with Gasteiger partial charge in [-0.1, -0.05) is 13.8 Å². The van der Waals surface area contributed by atoms with Gasteiger partial charge in [-0.3, -0.25) is 4.79 Å². The van der Waals surface area contributed by atoms with Crippen molar-refractivity contribution in [3.8, 4) is 5.75 Å². The van der Waals surface area contributed by atoms with Gasteiger partial charge >= 0.3 is 0 Å². The van der Waals surface area contributed by atoms with E-state index in [1.54, 1.807) is 34.7 Å². The van der Waals surface area contributed by atoms with Gasteiger partial charge in [0.05, 0.1) is 0 Å². The standard InChI is InChI=1S/C12H15IO2S/c1-8(2)11(16)7-15-10-5-3-9(4-6-10)12(13)14/h3-6,8,11,16H,7H2,1-2H3. The van der Waals surface area contributed by atoms with E-state index >= 15 is 0 Å². The topological polar surface area (TPSA) is 26.3 Å². The summed E-state index contributed by atoms with van der Waals surface area (Å²) < 4.78 is 5.61. The van der Waals surface area contributed by atoms with Gasteiger partial charge < -0.3 is 4.74 Å². The summed E-state index contributed by atoms with van der Waals surface area (Å²) in [7, 11) is 0. The fourth-order valence-electron chi connectivity index (χ4n) is 1.06. The molecular weight excluding hydrogens is 335 g/mol. The van der Waals surface area contributed by atoms with Crippen LogP contribution >= 0.6 is 35.2 Å². The smallest absolute Gasteiger partial charge is 0.222 e. The highest BCUT2D eigenvalue weighted by atomic mass is 127. The lowest BCUT2D eigenvalue weighted by atomic mass is 10.1. The van der Waals surface area contributed by atoms with Crippen molar-refractivity contribution in [2.24, 2.45) is 5.92 Å². The molecule has 16 heavy (non-hydrogen) atoms. The number of hydrogen-bond donors (Lipinski definition) is 1. The zero-order valence-electron chi connectivity index (χ0n) is 9.31. The van der Waals surface area contributed by atoms with Gasteiger partial charge in [0.1, 0.15) is 12.4 Å². The quantitative estimate of drug-likeness (QED) is 0.499. The predicted molar refractivity (Wildman–Crippen MR) is 77.9 cm³/mol. The SMILES string of the molecule is CC(C)C(S)COc1ccc(C(=O)I)cc1. The van der Waals surface area contributed by atoms with E-state index in [2.05, 4.69) is 26.5 Å². The monoisotopic (exact) mass is 350 g/mol. The van der Waals surface area contributed by atoms with Crippen molar-refractivity contribution in [2.75, 3.05) is 6.61 Å². The normalized spacial score (nSPS) is 12.6. The average Bonchev–Trinajstić information content (AvgIpc) is 2.26. The first-order valence-electron chi connectivity index (χ1n) is 5.11. The third kappa shape index (κ3) is 4.33. The molecular formula is C12H15IO2S. The first-order chi connectivity index (χ1) is 7.50. The molecule has 1 unspecified atom stereocenters. The van der Waals surface area contributed by atoms with Gasteiger partial charge in [-0.2, -0.15) is 12.6 Å². The molecule has 0 radical (unpaired) electrons. The van der Waals surface area contributed by atoms with E-state index in [4.69, 9.17) is 4.74 Å². The van der Waals surface area contributed by atoms with Crippen LogP contribution in [-0.4, -0.2) is 15.6 Å². The molecule has 1 rings (SSSR count). The van der Waals surface area contributed by atoms with Crippen LogP contribution in [0.2, 0.25) is 0 Å². The van der Waals surface area contributed by atoms with Crippen molar-refractivity contribution in [1.82, 2.24) is 0 Å². The summed E-state index contributed by atoms with van der Waals surface area (Å²) in [6.45, 7) is 4.80. The van der Waals surface area contributed by atoms with Crippen LogP contribution in [0.4, 0.5) is 0 Å². The van der Waals surface area contributed by atoms with Gasteiger partial charge in [-0.15, -0.1) is 0 Å². The van der Waals surface area contributed by atoms with Crippen LogP contribution in [0.5, 0.6) is 5.75 Å². The molecule has 0 aliphatic heterocycles. The fourth-order valence-corrected chi connectivity index (χ4v) is 1.49. The second-order valence-electron chi connectivity index (χ2n) is 3.92. The zero-order chi connectivity index (χ0) is 12.1. The van der Waals surface area contributed by atoms with Gasteiger partial charge in [-0.25, -0.2) is 0 Å². The molecule has 0 amide bonds. The molecule has 1 atom stereocenters. The third-order valence-electron chi connectivity index (χ3n) is 2.27. The maximum atomic E-state index is 11.0. The maximum absolute atomic E-state index is 11.0. The highest BCUT2D eigenvalue weighted by molar-refractivity contribution is 14.1. The summed E-state index contributed by atoms with van der Waals surface area (Å²) in [4.78, 5) is 11.0. The van der Waals surface area contributed by atoms with Gasteiger partial charge in [0, 0.05) is 33.4 Å². The lowest BCUT2D eigenvalue weighted by Crippen LogP contribution is -2.17. The van der Waals surface area contributed by atoms with Gasteiger partial charge in [0.15, 0.2) is 0 Å². The first-order valence-corrected chi connectivity index (χ1v) is 6.71. The molecule has 2 nitrogen and oxygen atoms in total. The Hall–Kier alpha value is -0.230. The highest BCUT2D eigenvalue weighted by Crippen LogP contribution is 2.16. The third-order valence-corrected chi connectivity index (χ3v) is 3.64. The van der Waals surface area contributed by atoms with Crippen LogP contribution in [0.15, 0.2) is 24.3 Å². The number of ether oxygens (including phenoxy) is 1.